The number of hydrogen-bond donors (Lipinski definition) is 1. The van der Waals surface area contributed by atoms with Crippen molar-refractivity contribution >= 4 is 9.84 Å². The summed E-state index contributed by atoms with van der Waals surface area (Å²) >= 11 is 0. The van der Waals surface area contributed by atoms with Gasteiger partial charge in [0.2, 0.25) is 0 Å². The van der Waals surface area contributed by atoms with Gasteiger partial charge in [0.25, 0.3) is 0 Å². The van der Waals surface area contributed by atoms with Gasteiger partial charge in [0.15, 0.2) is 0 Å². The molecule has 0 saturated carbocycles. The van der Waals surface area contributed by atoms with Gasteiger partial charge in [-0.15, -0.1) is 0 Å². The van der Waals surface area contributed by atoms with Crippen LogP contribution in [0.3, 0.4) is 0 Å². The normalized spacial score (nSPS) is 17.7. The van der Waals surface area contributed by atoms with Crippen molar-refractivity contribution in [1.29, 1.82) is 0 Å². The standard InChI is InChI=1S/C13H30N2O2S/c1-7-13(3,15(4)5)12(14-8-2)10-9-11-18(6,16)17/h12,14H,7-11H2,1-6H3. The fraction of sp³-hybridized carbons (Fsp3) is 1.00. The average molecular weight is 278 g/mol. The number of sulfone groups is 1. The van der Waals surface area contributed by atoms with E-state index in [0.717, 1.165) is 25.8 Å². The summed E-state index contributed by atoms with van der Waals surface area (Å²) in [5.74, 6) is 0.280. The molecule has 0 fully saturated rings. The molecule has 0 aromatic heterocycles. The lowest BCUT2D eigenvalue weighted by atomic mass is 9.85. The molecule has 0 saturated heterocycles. The summed E-state index contributed by atoms with van der Waals surface area (Å²) in [6.45, 7) is 7.42. The Kier molecular flexibility index (Phi) is 7.40. The Labute approximate surface area is 113 Å². The Morgan fingerprint density at radius 2 is 1.83 bits per heavy atom. The molecule has 0 amide bonds. The minimum atomic E-state index is -2.85. The second-order valence-electron chi connectivity index (χ2n) is 5.49. The Bertz CT molecular complexity index is 328. The Hall–Kier alpha value is -0.130. The summed E-state index contributed by atoms with van der Waals surface area (Å²) in [6.07, 6.45) is 3.96. The molecular formula is C13H30N2O2S. The van der Waals surface area contributed by atoms with Crippen molar-refractivity contribution in [2.45, 2.75) is 51.6 Å². The average Bonchev–Trinajstić information content (AvgIpc) is 2.25. The lowest BCUT2D eigenvalue weighted by molar-refractivity contribution is 0.108. The number of nitrogens with one attached hydrogen (secondary N) is 1. The maximum Gasteiger partial charge on any atom is 0.147 e. The zero-order chi connectivity index (χ0) is 14.4. The molecule has 0 aliphatic carbocycles. The molecular weight excluding hydrogens is 248 g/mol. The van der Waals surface area contributed by atoms with E-state index in [1.165, 1.54) is 6.26 Å². The first-order valence-corrected chi connectivity index (χ1v) is 8.82. The zero-order valence-electron chi connectivity index (χ0n) is 12.8. The Morgan fingerprint density at radius 1 is 1.28 bits per heavy atom. The van der Waals surface area contributed by atoms with E-state index in [2.05, 4.69) is 45.1 Å². The first-order chi connectivity index (χ1) is 8.17. The van der Waals surface area contributed by atoms with Crippen molar-refractivity contribution in [3.05, 3.63) is 0 Å². The summed E-state index contributed by atoms with van der Waals surface area (Å²) in [6, 6.07) is 0.323. The van der Waals surface area contributed by atoms with E-state index >= 15 is 0 Å². The van der Waals surface area contributed by atoms with Crippen molar-refractivity contribution in [1.82, 2.24) is 10.2 Å². The van der Waals surface area contributed by atoms with Gasteiger partial charge in [-0.25, -0.2) is 8.42 Å². The maximum atomic E-state index is 11.2. The monoisotopic (exact) mass is 278 g/mol. The van der Waals surface area contributed by atoms with Gasteiger partial charge in [-0.05, 0) is 46.8 Å². The molecule has 0 radical (unpaired) electrons. The van der Waals surface area contributed by atoms with E-state index in [0.29, 0.717) is 6.04 Å². The molecule has 0 spiro atoms. The highest BCUT2D eigenvalue weighted by molar-refractivity contribution is 7.90. The lowest BCUT2D eigenvalue weighted by Crippen LogP contribution is -2.56. The minimum absolute atomic E-state index is 0.0630. The number of rotatable bonds is 9. The third-order valence-electron chi connectivity index (χ3n) is 3.95. The van der Waals surface area contributed by atoms with Crippen LogP contribution in [0.15, 0.2) is 0 Å². The van der Waals surface area contributed by atoms with Crippen LogP contribution in [0.1, 0.15) is 40.0 Å². The van der Waals surface area contributed by atoms with Crippen LogP contribution in [0.4, 0.5) is 0 Å². The topological polar surface area (TPSA) is 49.4 Å². The van der Waals surface area contributed by atoms with Gasteiger partial charge in [-0.3, -0.25) is 0 Å². The summed E-state index contributed by atoms with van der Waals surface area (Å²) < 4.78 is 22.4. The third-order valence-corrected chi connectivity index (χ3v) is 4.98. The van der Waals surface area contributed by atoms with Gasteiger partial charge in [-0.2, -0.15) is 0 Å². The van der Waals surface area contributed by atoms with E-state index in [-0.39, 0.29) is 11.3 Å². The smallest absolute Gasteiger partial charge is 0.147 e. The van der Waals surface area contributed by atoms with Gasteiger partial charge >= 0.3 is 0 Å². The molecule has 2 unspecified atom stereocenters. The van der Waals surface area contributed by atoms with Crippen LogP contribution >= 0.6 is 0 Å². The second-order valence-corrected chi connectivity index (χ2v) is 7.75. The molecule has 2 atom stereocenters. The van der Waals surface area contributed by atoms with Crippen LogP contribution in [-0.2, 0) is 9.84 Å². The highest BCUT2D eigenvalue weighted by atomic mass is 32.2. The third kappa shape index (κ3) is 5.67. The molecule has 1 N–H and O–H groups in total. The molecule has 4 nitrogen and oxygen atoms in total. The number of likely N-dealkylation sites (N-methyl/N-ethyl adjacent to an activating group) is 2. The summed E-state index contributed by atoms with van der Waals surface area (Å²) in [4.78, 5) is 2.24. The molecule has 0 heterocycles. The molecule has 0 aliphatic heterocycles. The van der Waals surface area contributed by atoms with E-state index < -0.39 is 9.84 Å². The van der Waals surface area contributed by atoms with E-state index in [1.54, 1.807) is 0 Å². The van der Waals surface area contributed by atoms with Crippen molar-refractivity contribution in [2.75, 3.05) is 32.6 Å². The van der Waals surface area contributed by atoms with Crippen LogP contribution in [0, 0.1) is 0 Å². The van der Waals surface area contributed by atoms with Gasteiger partial charge in [0.05, 0.1) is 0 Å². The van der Waals surface area contributed by atoms with Crippen molar-refractivity contribution in [3.63, 3.8) is 0 Å². The first kappa shape index (κ1) is 17.9. The van der Waals surface area contributed by atoms with E-state index in [9.17, 15) is 8.42 Å². The molecule has 5 heteroatoms. The molecule has 0 aromatic carbocycles. The molecule has 0 aliphatic rings. The summed E-state index contributed by atoms with van der Waals surface area (Å²) in [5.41, 5.74) is 0.0630. The highest BCUT2D eigenvalue weighted by Gasteiger charge is 2.33. The molecule has 110 valence electrons. The Morgan fingerprint density at radius 3 is 2.17 bits per heavy atom. The van der Waals surface area contributed by atoms with Crippen molar-refractivity contribution in [2.24, 2.45) is 0 Å². The minimum Gasteiger partial charge on any atom is -0.312 e. The summed E-state index contributed by atoms with van der Waals surface area (Å²) in [5, 5.41) is 3.51. The predicted molar refractivity (Wildman–Crippen MR) is 78.8 cm³/mol. The largest absolute Gasteiger partial charge is 0.312 e. The first-order valence-electron chi connectivity index (χ1n) is 6.76. The van der Waals surface area contributed by atoms with Crippen LogP contribution in [0.5, 0.6) is 0 Å². The fourth-order valence-corrected chi connectivity index (χ4v) is 2.99. The van der Waals surface area contributed by atoms with E-state index in [4.69, 9.17) is 0 Å². The van der Waals surface area contributed by atoms with Gasteiger partial charge in [0, 0.05) is 23.6 Å². The lowest BCUT2D eigenvalue weighted by Gasteiger charge is -2.43. The van der Waals surface area contributed by atoms with Crippen LogP contribution in [0.25, 0.3) is 0 Å². The van der Waals surface area contributed by atoms with E-state index in [1.807, 2.05) is 0 Å². The van der Waals surface area contributed by atoms with Crippen LogP contribution in [0.2, 0.25) is 0 Å². The van der Waals surface area contributed by atoms with Gasteiger partial charge < -0.3 is 10.2 Å². The quantitative estimate of drug-likeness (QED) is 0.695. The van der Waals surface area contributed by atoms with Crippen LogP contribution < -0.4 is 5.32 Å². The number of hydrogen-bond acceptors (Lipinski definition) is 4. The highest BCUT2D eigenvalue weighted by Crippen LogP contribution is 2.24. The van der Waals surface area contributed by atoms with Gasteiger partial charge in [-0.1, -0.05) is 13.8 Å². The van der Waals surface area contributed by atoms with Crippen molar-refractivity contribution < 1.29 is 8.42 Å². The SMILES string of the molecule is CCNC(CCCS(C)(=O)=O)C(C)(CC)N(C)C. The summed E-state index contributed by atoms with van der Waals surface area (Å²) in [7, 11) is 1.33. The van der Waals surface area contributed by atoms with Gasteiger partial charge in [0.1, 0.15) is 9.84 Å². The number of nitrogens with zero attached hydrogens (tertiary/aromatic N) is 1. The molecule has 0 bridgehead atoms. The molecule has 0 aromatic rings. The second kappa shape index (κ2) is 7.46. The van der Waals surface area contributed by atoms with Crippen molar-refractivity contribution in [3.8, 4) is 0 Å². The molecule has 0 rings (SSSR count). The maximum absolute atomic E-state index is 11.2. The molecule has 18 heavy (non-hydrogen) atoms. The zero-order valence-corrected chi connectivity index (χ0v) is 13.6. The van der Waals surface area contributed by atoms with Crippen LogP contribution in [-0.4, -0.2) is 57.5 Å². The fourth-order valence-electron chi connectivity index (χ4n) is 2.30. The predicted octanol–water partition coefficient (Wildman–Crippen LogP) is 1.52. The Balaban J connectivity index is 4.64.